The third-order valence-electron chi connectivity index (χ3n) is 3.62. The van der Waals surface area contributed by atoms with Crippen molar-refractivity contribution in [2.24, 2.45) is 0 Å². The van der Waals surface area contributed by atoms with Crippen molar-refractivity contribution in [3.05, 3.63) is 29.8 Å². The normalized spacial score (nSPS) is 21.2. The van der Waals surface area contributed by atoms with Crippen LogP contribution in [-0.2, 0) is 19.6 Å². The zero-order valence-electron chi connectivity index (χ0n) is 12.0. The SMILES string of the molecule is COC(=O)C1CCCN1S(=O)(=O)c1cccc(C(C)O)c1. The van der Waals surface area contributed by atoms with Crippen LogP contribution < -0.4 is 0 Å². The average Bonchev–Trinajstić information content (AvgIpc) is 2.96. The number of sulfonamides is 1. The number of carbonyl (C=O) groups excluding carboxylic acids is 1. The molecule has 2 unspecified atom stereocenters. The predicted octanol–water partition coefficient (Wildman–Crippen LogP) is 1.07. The summed E-state index contributed by atoms with van der Waals surface area (Å²) in [6.45, 7) is 1.86. The van der Waals surface area contributed by atoms with Gasteiger partial charge in [-0.25, -0.2) is 8.42 Å². The van der Waals surface area contributed by atoms with Crippen molar-refractivity contribution in [2.45, 2.75) is 36.8 Å². The standard InChI is InChI=1S/C14H19NO5S/c1-10(16)11-5-3-6-12(9-11)21(18,19)15-8-4-7-13(15)14(17)20-2/h3,5-6,9-10,13,16H,4,7-8H2,1-2H3. The molecule has 1 aliphatic heterocycles. The van der Waals surface area contributed by atoms with Gasteiger partial charge in [-0.05, 0) is 37.5 Å². The molecule has 1 fully saturated rings. The molecule has 1 aromatic rings. The van der Waals surface area contributed by atoms with E-state index < -0.39 is 28.1 Å². The lowest BCUT2D eigenvalue weighted by molar-refractivity contribution is -0.144. The summed E-state index contributed by atoms with van der Waals surface area (Å²) < 4.78 is 31.2. The van der Waals surface area contributed by atoms with Gasteiger partial charge in [0.25, 0.3) is 0 Å². The van der Waals surface area contributed by atoms with Gasteiger partial charge in [0.05, 0.1) is 18.1 Å². The molecule has 7 heteroatoms. The molecule has 0 radical (unpaired) electrons. The molecular formula is C14H19NO5S. The van der Waals surface area contributed by atoms with Crippen molar-refractivity contribution < 1.29 is 23.1 Å². The van der Waals surface area contributed by atoms with Gasteiger partial charge in [-0.3, -0.25) is 4.79 Å². The summed E-state index contributed by atoms with van der Waals surface area (Å²) in [4.78, 5) is 11.8. The van der Waals surface area contributed by atoms with Gasteiger partial charge in [0.1, 0.15) is 6.04 Å². The lowest BCUT2D eigenvalue weighted by Gasteiger charge is -2.22. The number of hydrogen-bond donors (Lipinski definition) is 1. The van der Waals surface area contributed by atoms with Crippen LogP contribution >= 0.6 is 0 Å². The molecule has 0 bridgehead atoms. The minimum atomic E-state index is -3.78. The second-order valence-electron chi connectivity index (χ2n) is 5.05. The van der Waals surface area contributed by atoms with Gasteiger partial charge in [-0.2, -0.15) is 4.31 Å². The van der Waals surface area contributed by atoms with E-state index in [2.05, 4.69) is 4.74 Å². The van der Waals surface area contributed by atoms with Crippen LogP contribution in [-0.4, -0.2) is 43.5 Å². The number of hydrogen-bond acceptors (Lipinski definition) is 5. The minimum absolute atomic E-state index is 0.0803. The fourth-order valence-corrected chi connectivity index (χ4v) is 4.17. The molecule has 1 N–H and O–H groups in total. The average molecular weight is 313 g/mol. The van der Waals surface area contributed by atoms with Gasteiger partial charge in [0.15, 0.2) is 0 Å². The Labute approximate surface area is 124 Å². The molecule has 1 saturated heterocycles. The van der Waals surface area contributed by atoms with Crippen LogP contribution in [0.25, 0.3) is 0 Å². The Kier molecular flexibility index (Phi) is 4.65. The summed E-state index contributed by atoms with van der Waals surface area (Å²) in [7, 11) is -2.53. The molecule has 1 aromatic carbocycles. The molecule has 0 aliphatic carbocycles. The third-order valence-corrected chi connectivity index (χ3v) is 5.53. The van der Waals surface area contributed by atoms with Gasteiger partial charge in [0, 0.05) is 6.54 Å². The Morgan fingerprint density at radius 3 is 2.81 bits per heavy atom. The van der Waals surface area contributed by atoms with Gasteiger partial charge < -0.3 is 9.84 Å². The third kappa shape index (κ3) is 3.09. The van der Waals surface area contributed by atoms with Crippen LogP contribution in [0.15, 0.2) is 29.2 Å². The van der Waals surface area contributed by atoms with E-state index in [9.17, 15) is 18.3 Å². The number of nitrogens with zero attached hydrogens (tertiary/aromatic N) is 1. The van der Waals surface area contributed by atoms with Gasteiger partial charge in [-0.15, -0.1) is 0 Å². The topological polar surface area (TPSA) is 83.9 Å². The number of aliphatic hydroxyl groups is 1. The van der Waals surface area contributed by atoms with E-state index in [-0.39, 0.29) is 4.90 Å². The first-order chi connectivity index (χ1) is 9.87. The van der Waals surface area contributed by atoms with Crippen LogP contribution in [0.3, 0.4) is 0 Å². The van der Waals surface area contributed by atoms with E-state index in [1.807, 2.05) is 0 Å². The number of carbonyl (C=O) groups is 1. The minimum Gasteiger partial charge on any atom is -0.468 e. The molecule has 1 aliphatic rings. The Hall–Kier alpha value is -1.44. The van der Waals surface area contributed by atoms with Gasteiger partial charge in [0.2, 0.25) is 10.0 Å². The maximum absolute atomic E-state index is 12.7. The van der Waals surface area contributed by atoms with E-state index in [1.165, 1.54) is 23.5 Å². The molecule has 21 heavy (non-hydrogen) atoms. The number of rotatable bonds is 4. The largest absolute Gasteiger partial charge is 0.468 e. The predicted molar refractivity (Wildman–Crippen MR) is 76.0 cm³/mol. The first-order valence-corrected chi connectivity index (χ1v) is 8.19. The Bertz CT molecular complexity index is 626. The van der Waals surface area contributed by atoms with Crippen molar-refractivity contribution >= 4 is 16.0 Å². The molecule has 0 spiro atoms. The molecule has 0 amide bonds. The molecule has 116 valence electrons. The molecule has 2 atom stereocenters. The highest BCUT2D eigenvalue weighted by molar-refractivity contribution is 7.89. The lowest BCUT2D eigenvalue weighted by Crippen LogP contribution is -2.41. The maximum Gasteiger partial charge on any atom is 0.324 e. The monoisotopic (exact) mass is 313 g/mol. The number of benzene rings is 1. The lowest BCUT2D eigenvalue weighted by atomic mass is 10.1. The molecular weight excluding hydrogens is 294 g/mol. The molecule has 0 saturated carbocycles. The molecule has 0 aromatic heterocycles. The van der Waals surface area contributed by atoms with Crippen LogP contribution in [0, 0.1) is 0 Å². The highest BCUT2D eigenvalue weighted by atomic mass is 32.2. The van der Waals surface area contributed by atoms with Crippen LogP contribution in [0.2, 0.25) is 0 Å². The number of esters is 1. The number of aliphatic hydroxyl groups excluding tert-OH is 1. The van der Waals surface area contributed by atoms with Crippen molar-refractivity contribution in [2.75, 3.05) is 13.7 Å². The van der Waals surface area contributed by atoms with Crippen molar-refractivity contribution in [3.63, 3.8) is 0 Å². The fraction of sp³-hybridized carbons (Fsp3) is 0.500. The summed E-state index contributed by atoms with van der Waals surface area (Å²) in [6, 6.07) is 5.37. The first kappa shape index (κ1) is 15.9. The van der Waals surface area contributed by atoms with E-state index in [1.54, 1.807) is 19.1 Å². The zero-order valence-corrected chi connectivity index (χ0v) is 12.8. The highest BCUT2D eigenvalue weighted by Gasteiger charge is 2.40. The van der Waals surface area contributed by atoms with Crippen LogP contribution in [0.4, 0.5) is 0 Å². The van der Waals surface area contributed by atoms with Crippen molar-refractivity contribution in [3.8, 4) is 0 Å². The smallest absolute Gasteiger partial charge is 0.324 e. The summed E-state index contributed by atoms with van der Waals surface area (Å²) in [5, 5.41) is 9.57. The van der Waals surface area contributed by atoms with E-state index in [0.29, 0.717) is 24.9 Å². The van der Waals surface area contributed by atoms with Crippen LogP contribution in [0.1, 0.15) is 31.4 Å². The number of methoxy groups -OCH3 is 1. The summed E-state index contributed by atoms with van der Waals surface area (Å²) in [5.41, 5.74) is 0.518. The van der Waals surface area contributed by atoms with E-state index in [4.69, 9.17) is 0 Å². The second-order valence-corrected chi connectivity index (χ2v) is 6.94. The Morgan fingerprint density at radius 1 is 1.48 bits per heavy atom. The highest BCUT2D eigenvalue weighted by Crippen LogP contribution is 2.28. The van der Waals surface area contributed by atoms with Gasteiger partial charge in [-0.1, -0.05) is 12.1 Å². The zero-order chi connectivity index (χ0) is 15.6. The van der Waals surface area contributed by atoms with Crippen molar-refractivity contribution in [1.82, 2.24) is 4.31 Å². The molecule has 1 heterocycles. The quantitative estimate of drug-likeness (QED) is 0.841. The van der Waals surface area contributed by atoms with E-state index in [0.717, 1.165) is 0 Å². The maximum atomic E-state index is 12.7. The summed E-state index contributed by atoms with van der Waals surface area (Å²) in [5.74, 6) is -0.539. The summed E-state index contributed by atoms with van der Waals surface area (Å²) >= 11 is 0. The Morgan fingerprint density at radius 2 is 2.19 bits per heavy atom. The Balaban J connectivity index is 2.37. The second kappa shape index (κ2) is 6.13. The van der Waals surface area contributed by atoms with Crippen molar-refractivity contribution in [1.29, 1.82) is 0 Å². The van der Waals surface area contributed by atoms with Crippen LogP contribution in [0.5, 0.6) is 0 Å². The number of ether oxygens (including phenoxy) is 1. The molecule has 6 nitrogen and oxygen atoms in total. The molecule has 2 rings (SSSR count). The first-order valence-electron chi connectivity index (χ1n) is 6.75. The van der Waals surface area contributed by atoms with Gasteiger partial charge >= 0.3 is 5.97 Å². The fourth-order valence-electron chi connectivity index (χ4n) is 2.47. The van der Waals surface area contributed by atoms with E-state index >= 15 is 0 Å². The summed E-state index contributed by atoms with van der Waals surface area (Å²) in [6.07, 6.45) is 0.326.